The molecule has 0 fully saturated rings. The van der Waals surface area contributed by atoms with Crippen LogP contribution < -0.4 is 10.5 Å². The average Bonchev–Trinajstić information content (AvgIpc) is 2.33. The SMILES string of the molecule is Nc1cc(Br)ccc1OCC1Cc2ccccc21. The standard InChI is InChI=1S/C15H14BrNO/c16-12-5-6-15(14(17)8-12)18-9-11-7-10-3-1-2-4-13(10)11/h1-6,8,11H,7,9,17H2. The monoisotopic (exact) mass is 303 g/mol. The van der Waals surface area contributed by atoms with Crippen molar-refractivity contribution in [2.24, 2.45) is 0 Å². The molecule has 92 valence electrons. The zero-order valence-corrected chi connectivity index (χ0v) is 11.5. The van der Waals surface area contributed by atoms with Crippen molar-refractivity contribution in [2.75, 3.05) is 12.3 Å². The van der Waals surface area contributed by atoms with Crippen molar-refractivity contribution in [1.29, 1.82) is 0 Å². The van der Waals surface area contributed by atoms with E-state index >= 15 is 0 Å². The number of anilines is 1. The molecule has 1 atom stereocenters. The van der Waals surface area contributed by atoms with E-state index < -0.39 is 0 Å². The number of hydrogen-bond acceptors (Lipinski definition) is 2. The minimum atomic E-state index is 0.504. The van der Waals surface area contributed by atoms with Gasteiger partial charge in [-0.1, -0.05) is 40.2 Å². The maximum atomic E-state index is 5.91. The summed E-state index contributed by atoms with van der Waals surface area (Å²) in [6, 6.07) is 14.2. The fourth-order valence-electron chi connectivity index (χ4n) is 2.35. The Hall–Kier alpha value is -1.48. The van der Waals surface area contributed by atoms with Crippen LogP contribution in [0, 0.1) is 0 Å². The fraction of sp³-hybridized carbons (Fsp3) is 0.200. The molecule has 0 saturated carbocycles. The second-order valence-corrected chi connectivity index (χ2v) is 5.51. The van der Waals surface area contributed by atoms with Gasteiger partial charge in [0.05, 0.1) is 12.3 Å². The molecule has 3 heteroatoms. The van der Waals surface area contributed by atoms with E-state index in [1.165, 1.54) is 11.1 Å². The Morgan fingerprint density at radius 1 is 1.22 bits per heavy atom. The predicted molar refractivity (Wildman–Crippen MR) is 76.9 cm³/mol. The third kappa shape index (κ3) is 2.10. The highest BCUT2D eigenvalue weighted by Crippen LogP contribution is 2.35. The number of benzene rings is 2. The number of rotatable bonds is 3. The molecule has 2 nitrogen and oxygen atoms in total. The largest absolute Gasteiger partial charge is 0.491 e. The second kappa shape index (κ2) is 4.65. The first kappa shape index (κ1) is 11.6. The molecule has 18 heavy (non-hydrogen) atoms. The van der Waals surface area contributed by atoms with Crippen LogP contribution in [0.2, 0.25) is 0 Å². The second-order valence-electron chi connectivity index (χ2n) is 4.59. The molecule has 0 heterocycles. The summed E-state index contributed by atoms with van der Waals surface area (Å²) in [5.74, 6) is 1.27. The summed E-state index contributed by atoms with van der Waals surface area (Å²) in [6.07, 6.45) is 1.10. The zero-order valence-electron chi connectivity index (χ0n) is 9.90. The average molecular weight is 304 g/mol. The van der Waals surface area contributed by atoms with Gasteiger partial charge in [0.15, 0.2) is 0 Å². The number of nitrogen functional groups attached to an aromatic ring is 1. The molecular weight excluding hydrogens is 290 g/mol. The summed E-state index contributed by atoms with van der Waals surface area (Å²) in [7, 11) is 0. The lowest BCUT2D eigenvalue weighted by Crippen LogP contribution is -2.23. The Morgan fingerprint density at radius 3 is 2.83 bits per heavy atom. The lowest BCUT2D eigenvalue weighted by molar-refractivity contribution is 0.276. The Labute approximate surface area is 115 Å². The molecule has 0 aromatic heterocycles. The summed E-state index contributed by atoms with van der Waals surface area (Å²) in [6.45, 7) is 0.697. The molecule has 3 rings (SSSR count). The van der Waals surface area contributed by atoms with Crippen molar-refractivity contribution in [3.63, 3.8) is 0 Å². The molecule has 0 radical (unpaired) electrons. The number of hydrogen-bond donors (Lipinski definition) is 1. The highest BCUT2D eigenvalue weighted by atomic mass is 79.9. The molecule has 0 amide bonds. The summed E-state index contributed by atoms with van der Waals surface area (Å²) in [5, 5.41) is 0. The molecule has 0 saturated heterocycles. The maximum Gasteiger partial charge on any atom is 0.142 e. The lowest BCUT2D eigenvalue weighted by Gasteiger charge is -2.30. The molecule has 1 unspecified atom stereocenters. The molecule has 0 aliphatic heterocycles. The Bertz CT molecular complexity index is 582. The van der Waals surface area contributed by atoms with Gasteiger partial charge in [0.2, 0.25) is 0 Å². The first-order chi connectivity index (χ1) is 8.74. The van der Waals surface area contributed by atoms with Gasteiger partial charge in [0, 0.05) is 10.4 Å². The maximum absolute atomic E-state index is 5.91. The van der Waals surface area contributed by atoms with Crippen molar-refractivity contribution in [3.05, 3.63) is 58.1 Å². The molecule has 2 N–H and O–H groups in total. The van der Waals surface area contributed by atoms with Gasteiger partial charge in [0.25, 0.3) is 0 Å². The van der Waals surface area contributed by atoms with E-state index in [1.54, 1.807) is 0 Å². The van der Waals surface area contributed by atoms with Gasteiger partial charge >= 0.3 is 0 Å². The topological polar surface area (TPSA) is 35.2 Å². The predicted octanol–water partition coefficient (Wildman–Crippen LogP) is 3.75. The van der Waals surface area contributed by atoms with Crippen LogP contribution in [-0.2, 0) is 6.42 Å². The van der Waals surface area contributed by atoms with Crippen LogP contribution in [0.1, 0.15) is 17.0 Å². The van der Waals surface area contributed by atoms with Crippen LogP contribution in [0.15, 0.2) is 46.9 Å². The smallest absolute Gasteiger partial charge is 0.142 e. The molecule has 1 aliphatic carbocycles. The number of nitrogens with two attached hydrogens (primary N) is 1. The minimum Gasteiger partial charge on any atom is -0.491 e. The van der Waals surface area contributed by atoms with Crippen LogP contribution in [-0.4, -0.2) is 6.61 Å². The molecule has 0 bridgehead atoms. The first-order valence-corrected chi connectivity index (χ1v) is 6.79. The van der Waals surface area contributed by atoms with Gasteiger partial charge in [-0.3, -0.25) is 0 Å². The summed E-state index contributed by atoms with van der Waals surface area (Å²) in [5.41, 5.74) is 9.43. The Morgan fingerprint density at radius 2 is 2.06 bits per heavy atom. The summed E-state index contributed by atoms with van der Waals surface area (Å²) < 4.78 is 6.78. The van der Waals surface area contributed by atoms with Gasteiger partial charge in [0.1, 0.15) is 5.75 Å². The van der Waals surface area contributed by atoms with Crippen LogP contribution >= 0.6 is 15.9 Å². The third-order valence-corrected chi connectivity index (χ3v) is 3.87. The van der Waals surface area contributed by atoms with Crippen molar-refractivity contribution in [2.45, 2.75) is 12.3 Å². The number of ether oxygens (including phenoxy) is 1. The molecule has 1 aliphatic rings. The van der Waals surface area contributed by atoms with E-state index in [0.717, 1.165) is 16.6 Å². The highest BCUT2D eigenvalue weighted by Gasteiger charge is 2.25. The number of fused-ring (bicyclic) bond motifs is 1. The quantitative estimate of drug-likeness (QED) is 0.877. The van der Waals surface area contributed by atoms with Gasteiger partial charge in [-0.15, -0.1) is 0 Å². The van der Waals surface area contributed by atoms with Gasteiger partial charge in [-0.05, 0) is 35.7 Å². The van der Waals surface area contributed by atoms with Crippen LogP contribution in [0.25, 0.3) is 0 Å². The first-order valence-electron chi connectivity index (χ1n) is 5.99. The Kier molecular flexibility index (Phi) is 3.00. The van der Waals surface area contributed by atoms with E-state index in [2.05, 4.69) is 40.2 Å². The molecule has 2 aromatic carbocycles. The minimum absolute atomic E-state index is 0.504. The van der Waals surface area contributed by atoms with Gasteiger partial charge < -0.3 is 10.5 Å². The van der Waals surface area contributed by atoms with E-state index in [-0.39, 0.29) is 0 Å². The van der Waals surface area contributed by atoms with E-state index in [1.807, 2.05) is 18.2 Å². The van der Waals surface area contributed by atoms with E-state index in [0.29, 0.717) is 18.2 Å². The van der Waals surface area contributed by atoms with E-state index in [9.17, 15) is 0 Å². The Balaban J connectivity index is 1.66. The zero-order chi connectivity index (χ0) is 12.5. The molecule has 2 aromatic rings. The van der Waals surface area contributed by atoms with Crippen LogP contribution in [0.4, 0.5) is 5.69 Å². The fourth-order valence-corrected chi connectivity index (χ4v) is 2.73. The third-order valence-electron chi connectivity index (χ3n) is 3.37. The normalized spacial score (nSPS) is 16.8. The van der Waals surface area contributed by atoms with E-state index in [4.69, 9.17) is 10.5 Å². The number of halogens is 1. The van der Waals surface area contributed by atoms with Crippen LogP contribution in [0.5, 0.6) is 5.75 Å². The summed E-state index contributed by atoms with van der Waals surface area (Å²) in [4.78, 5) is 0. The van der Waals surface area contributed by atoms with Gasteiger partial charge in [-0.2, -0.15) is 0 Å². The van der Waals surface area contributed by atoms with Crippen molar-refractivity contribution >= 4 is 21.6 Å². The van der Waals surface area contributed by atoms with Gasteiger partial charge in [-0.25, -0.2) is 0 Å². The lowest BCUT2D eigenvalue weighted by atomic mass is 9.78. The summed E-state index contributed by atoms with van der Waals surface area (Å²) >= 11 is 3.39. The molecular formula is C15H14BrNO. The van der Waals surface area contributed by atoms with Crippen molar-refractivity contribution in [3.8, 4) is 5.75 Å². The highest BCUT2D eigenvalue weighted by molar-refractivity contribution is 9.10. The van der Waals surface area contributed by atoms with Crippen LogP contribution in [0.3, 0.4) is 0 Å². The molecule has 0 spiro atoms. The van der Waals surface area contributed by atoms with Crippen molar-refractivity contribution < 1.29 is 4.74 Å². The van der Waals surface area contributed by atoms with Crippen molar-refractivity contribution in [1.82, 2.24) is 0 Å².